The van der Waals surface area contributed by atoms with Crippen LogP contribution in [0.25, 0.3) is 0 Å². The van der Waals surface area contributed by atoms with Crippen LogP contribution in [0.15, 0.2) is 24.3 Å². The Morgan fingerprint density at radius 1 is 1.38 bits per heavy atom. The molecule has 0 radical (unpaired) electrons. The van der Waals surface area contributed by atoms with Crippen molar-refractivity contribution in [2.75, 3.05) is 6.54 Å². The maximum atomic E-state index is 12.3. The number of rotatable bonds is 5. The third-order valence-corrected chi connectivity index (χ3v) is 3.59. The van der Waals surface area contributed by atoms with E-state index in [1.165, 1.54) is 5.01 Å². The van der Waals surface area contributed by atoms with Gasteiger partial charge in [0.25, 0.3) is 5.91 Å². The van der Waals surface area contributed by atoms with Gasteiger partial charge in [0.2, 0.25) is 5.91 Å². The van der Waals surface area contributed by atoms with E-state index in [0.29, 0.717) is 25.1 Å². The molecule has 1 N–H and O–H groups in total. The number of hydrogen-bond donors (Lipinski definition) is 1. The summed E-state index contributed by atoms with van der Waals surface area (Å²) in [5.74, 6) is 0.404. The minimum Gasteiger partial charge on any atom is -0.480 e. The van der Waals surface area contributed by atoms with Crippen LogP contribution in [0.4, 0.5) is 0 Å². The van der Waals surface area contributed by atoms with Crippen LogP contribution in [0.2, 0.25) is 0 Å². The number of nitrogens with zero attached hydrogens (tertiary/aromatic N) is 1. The monoisotopic (exact) mass is 290 g/mol. The van der Waals surface area contributed by atoms with Gasteiger partial charge in [0, 0.05) is 13.0 Å². The lowest BCUT2D eigenvalue weighted by Gasteiger charge is -2.28. The molecule has 1 heterocycles. The second-order valence-corrected chi connectivity index (χ2v) is 5.26. The van der Waals surface area contributed by atoms with E-state index in [0.717, 1.165) is 18.4 Å². The van der Waals surface area contributed by atoms with Gasteiger partial charge in [0.05, 0.1) is 0 Å². The first-order valence-electron chi connectivity index (χ1n) is 7.45. The Labute approximate surface area is 125 Å². The number of amides is 2. The highest BCUT2D eigenvalue weighted by molar-refractivity contribution is 5.85. The van der Waals surface area contributed by atoms with Gasteiger partial charge in [-0.25, -0.2) is 0 Å². The maximum Gasteiger partial charge on any atom is 0.279 e. The van der Waals surface area contributed by atoms with E-state index in [2.05, 4.69) is 5.43 Å². The van der Waals surface area contributed by atoms with E-state index >= 15 is 0 Å². The smallest absolute Gasteiger partial charge is 0.279 e. The van der Waals surface area contributed by atoms with Crippen LogP contribution >= 0.6 is 0 Å². The molecule has 21 heavy (non-hydrogen) atoms. The molecule has 0 aliphatic carbocycles. The number of carbonyl (C=O) groups excluding carboxylic acids is 2. The van der Waals surface area contributed by atoms with Crippen molar-refractivity contribution in [1.29, 1.82) is 0 Å². The Morgan fingerprint density at radius 2 is 2.14 bits per heavy atom. The number of hydrogen-bond acceptors (Lipinski definition) is 3. The fourth-order valence-electron chi connectivity index (χ4n) is 2.29. The number of nitrogens with one attached hydrogen (secondary N) is 1. The van der Waals surface area contributed by atoms with Gasteiger partial charge in [-0.2, -0.15) is 0 Å². The lowest BCUT2D eigenvalue weighted by molar-refractivity contribution is -0.146. The van der Waals surface area contributed by atoms with E-state index in [4.69, 9.17) is 4.74 Å². The summed E-state index contributed by atoms with van der Waals surface area (Å²) < 4.78 is 5.78. The molecule has 2 rings (SSSR count). The van der Waals surface area contributed by atoms with Crippen LogP contribution < -0.4 is 10.2 Å². The molecule has 0 aromatic heterocycles. The highest BCUT2D eigenvalue weighted by atomic mass is 16.5. The van der Waals surface area contributed by atoms with Crippen LogP contribution in [0.5, 0.6) is 5.75 Å². The number of para-hydroxylation sites is 1. The highest BCUT2D eigenvalue weighted by Crippen LogP contribution is 2.19. The van der Waals surface area contributed by atoms with Crippen molar-refractivity contribution in [3.8, 4) is 5.75 Å². The number of ether oxygens (including phenoxy) is 1. The minimum absolute atomic E-state index is 0.0275. The Balaban J connectivity index is 1.98. The minimum atomic E-state index is -0.596. The number of piperidine rings is 1. The molecule has 5 nitrogen and oxygen atoms in total. The summed E-state index contributed by atoms with van der Waals surface area (Å²) in [4.78, 5) is 24.0. The van der Waals surface area contributed by atoms with Crippen molar-refractivity contribution < 1.29 is 14.3 Å². The molecule has 0 bridgehead atoms. The van der Waals surface area contributed by atoms with Crippen LogP contribution in [0.1, 0.15) is 38.2 Å². The SMILES string of the molecule is CC[C@@H](Oc1ccccc1C)C(=O)NN1CCCCC1=O. The molecular weight excluding hydrogens is 268 g/mol. The number of benzene rings is 1. The van der Waals surface area contributed by atoms with Gasteiger partial charge in [-0.15, -0.1) is 0 Å². The molecule has 0 saturated carbocycles. The Kier molecular flexibility index (Phi) is 5.20. The molecule has 1 aromatic carbocycles. The van der Waals surface area contributed by atoms with Gasteiger partial charge in [-0.3, -0.25) is 20.0 Å². The summed E-state index contributed by atoms with van der Waals surface area (Å²) >= 11 is 0. The third kappa shape index (κ3) is 3.97. The van der Waals surface area contributed by atoms with Gasteiger partial charge in [0.1, 0.15) is 5.75 Å². The molecule has 1 aliphatic heterocycles. The third-order valence-electron chi connectivity index (χ3n) is 3.59. The van der Waals surface area contributed by atoms with Crippen molar-refractivity contribution in [3.05, 3.63) is 29.8 Å². The molecule has 0 unspecified atom stereocenters. The van der Waals surface area contributed by atoms with Crippen molar-refractivity contribution in [1.82, 2.24) is 10.4 Å². The standard InChI is InChI=1S/C16H22N2O3/c1-3-13(21-14-9-5-4-8-12(14)2)16(20)17-18-11-7-6-10-15(18)19/h4-5,8-9,13H,3,6-7,10-11H2,1-2H3,(H,17,20)/t13-/m1/s1. The molecular formula is C16H22N2O3. The number of carbonyl (C=O) groups is 2. The zero-order valence-corrected chi connectivity index (χ0v) is 12.6. The van der Waals surface area contributed by atoms with Crippen molar-refractivity contribution in [2.45, 2.75) is 45.6 Å². The molecule has 114 valence electrons. The van der Waals surface area contributed by atoms with Gasteiger partial charge >= 0.3 is 0 Å². The van der Waals surface area contributed by atoms with E-state index < -0.39 is 6.10 Å². The maximum absolute atomic E-state index is 12.3. The Morgan fingerprint density at radius 3 is 2.81 bits per heavy atom. The van der Waals surface area contributed by atoms with Gasteiger partial charge in [0.15, 0.2) is 6.10 Å². The van der Waals surface area contributed by atoms with Crippen LogP contribution in [0.3, 0.4) is 0 Å². The van der Waals surface area contributed by atoms with Crippen LogP contribution in [-0.4, -0.2) is 29.5 Å². The topological polar surface area (TPSA) is 58.6 Å². The molecule has 2 amide bonds. The first-order chi connectivity index (χ1) is 10.1. The molecule has 5 heteroatoms. The summed E-state index contributed by atoms with van der Waals surface area (Å²) in [6.07, 6.45) is 2.25. The molecule has 0 spiro atoms. The van der Waals surface area contributed by atoms with E-state index in [9.17, 15) is 9.59 Å². The fraction of sp³-hybridized carbons (Fsp3) is 0.500. The van der Waals surface area contributed by atoms with Gasteiger partial charge < -0.3 is 4.74 Å². The summed E-state index contributed by atoms with van der Waals surface area (Å²) in [6.45, 7) is 4.40. The molecule has 1 fully saturated rings. The average Bonchev–Trinajstić information content (AvgIpc) is 2.48. The van der Waals surface area contributed by atoms with Gasteiger partial charge in [-0.1, -0.05) is 25.1 Å². The zero-order valence-electron chi connectivity index (χ0n) is 12.6. The second-order valence-electron chi connectivity index (χ2n) is 5.26. The molecule has 1 saturated heterocycles. The average molecular weight is 290 g/mol. The first kappa shape index (κ1) is 15.4. The summed E-state index contributed by atoms with van der Waals surface area (Å²) in [5, 5.41) is 1.41. The van der Waals surface area contributed by atoms with E-state index in [-0.39, 0.29) is 11.8 Å². The molecule has 1 atom stereocenters. The Hall–Kier alpha value is -2.04. The highest BCUT2D eigenvalue weighted by Gasteiger charge is 2.25. The number of aryl methyl sites for hydroxylation is 1. The predicted octanol–water partition coefficient (Wildman–Crippen LogP) is 2.20. The normalized spacial score (nSPS) is 16.5. The van der Waals surface area contributed by atoms with Gasteiger partial charge in [-0.05, 0) is 37.8 Å². The first-order valence-corrected chi connectivity index (χ1v) is 7.45. The van der Waals surface area contributed by atoms with E-state index in [1.807, 2.05) is 38.1 Å². The van der Waals surface area contributed by atoms with Crippen molar-refractivity contribution >= 4 is 11.8 Å². The summed E-state index contributed by atoms with van der Waals surface area (Å²) in [6, 6.07) is 7.59. The summed E-state index contributed by atoms with van der Waals surface area (Å²) in [5.41, 5.74) is 3.66. The quantitative estimate of drug-likeness (QED) is 0.904. The largest absolute Gasteiger partial charge is 0.480 e. The zero-order chi connectivity index (χ0) is 15.2. The molecule has 1 aromatic rings. The fourth-order valence-corrected chi connectivity index (χ4v) is 2.29. The predicted molar refractivity (Wildman–Crippen MR) is 79.6 cm³/mol. The second kappa shape index (κ2) is 7.11. The van der Waals surface area contributed by atoms with Crippen LogP contribution in [-0.2, 0) is 9.59 Å². The van der Waals surface area contributed by atoms with Crippen LogP contribution in [0, 0.1) is 6.92 Å². The van der Waals surface area contributed by atoms with Crippen molar-refractivity contribution in [3.63, 3.8) is 0 Å². The lowest BCUT2D eigenvalue weighted by atomic mass is 10.1. The van der Waals surface area contributed by atoms with E-state index in [1.54, 1.807) is 0 Å². The molecule has 1 aliphatic rings. The summed E-state index contributed by atoms with van der Waals surface area (Å²) in [7, 11) is 0. The van der Waals surface area contributed by atoms with Crippen molar-refractivity contribution in [2.24, 2.45) is 0 Å². The lowest BCUT2D eigenvalue weighted by Crippen LogP contribution is -2.52. The Bertz CT molecular complexity index is 516. The number of hydrazine groups is 1.